The van der Waals surface area contributed by atoms with Gasteiger partial charge in [-0.15, -0.1) is 0 Å². The number of halogens is 1. The molecular weight excluding hydrogens is 502 g/mol. The maximum atomic E-state index is 13.7. The summed E-state index contributed by atoms with van der Waals surface area (Å²) in [4.78, 5) is 41.0. The van der Waals surface area contributed by atoms with Crippen molar-refractivity contribution in [2.24, 2.45) is 0 Å². The van der Waals surface area contributed by atoms with Crippen molar-refractivity contribution in [2.75, 3.05) is 17.6 Å². The molecule has 2 aromatic rings. The number of carbonyl (C=O) groups is 3. The second-order valence-electron chi connectivity index (χ2n) is 9.34. The number of hydrogen-bond acceptors (Lipinski definition) is 6. The van der Waals surface area contributed by atoms with Crippen LogP contribution >= 0.6 is 24.2 Å². The number of nitrogens with one attached hydrogen (secondary N) is 2. The molecule has 0 radical (unpaired) electrons. The van der Waals surface area contributed by atoms with Crippen LogP contribution in [0.5, 0.6) is 5.75 Å². The van der Waals surface area contributed by atoms with Crippen LogP contribution in [0, 0.1) is 13.8 Å². The molecule has 2 atom stereocenters. The summed E-state index contributed by atoms with van der Waals surface area (Å²) < 4.78 is 5.28. The maximum absolute atomic E-state index is 13.7. The first kappa shape index (κ1) is 29.3. The van der Waals surface area contributed by atoms with E-state index in [1.165, 1.54) is 4.90 Å². The largest absolute Gasteiger partial charge is 0.507 e. The number of hydrogen-bond donors (Lipinski definition) is 4. The van der Waals surface area contributed by atoms with Crippen molar-refractivity contribution < 1.29 is 24.2 Å². The van der Waals surface area contributed by atoms with Crippen LogP contribution < -0.4 is 10.6 Å². The maximum Gasteiger partial charge on any atom is 0.408 e. The number of alkyl carbamates (subject to hydrolysis) is 1. The molecule has 0 saturated heterocycles. The van der Waals surface area contributed by atoms with Gasteiger partial charge in [0.05, 0.1) is 10.7 Å². The first-order valence-corrected chi connectivity index (χ1v) is 12.6. The van der Waals surface area contributed by atoms with E-state index in [-0.39, 0.29) is 23.6 Å². The van der Waals surface area contributed by atoms with Gasteiger partial charge in [-0.05, 0) is 58.7 Å². The van der Waals surface area contributed by atoms with Crippen molar-refractivity contribution >= 4 is 47.8 Å². The molecule has 196 valence electrons. The van der Waals surface area contributed by atoms with E-state index in [0.29, 0.717) is 16.3 Å². The molecule has 36 heavy (non-hydrogen) atoms. The summed E-state index contributed by atoms with van der Waals surface area (Å²) in [6, 6.07) is 7.88. The van der Waals surface area contributed by atoms with Crippen LogP contribution in [0.2, 0.25) is 5.02 Å². The number of phenols is 1. The molecular formula is C26H34ClN3O5S. The van der Waals surface area contributed by atoms with Crippen LogP contribution in [-0.2, 0) is 14.3 Å². The molecule has 3 N–H and O–H groups in total. The summed E-state index contributed by atoms with van der Waals surface area (Å²) in [5.41, 5.74) is 1.16. The first-order valence-electron chi connectivity index (χ1n) is 11.6. The second kappa shape index (κ2) is 12.4. The molecule has 3 amide bonds. The van der Waals surface area contributed by atoms with Gasteiger partial charge >= 0.3 is 6.09 Å². The van der Waals surface area contributed by atoms with Gasteiger partial charge in [0.2, 0.25) is 5.91 Å². The van der Waals surface area contributed by atoms with Crippen molar-refractivity contribution in [3.8, 4) is 5.75 Å². The molecule has 8 nitrogen and oxygen atoms in total. The molecule has 0 aliphatic carbocycles. The standard InChI is InChI=1S/C26H34ClN3O5S/c1-7-30(24(33)19(14-36)28-25(34)35-26(4,5)6)21(17-12-8-11-16(3)22(17)31)23(32)29-20-15(2)10-9-13-18(20)27/h8-13,19,21,31,36H,7,14H2,1-6H3,(H,28,34)(H,29,32). The minimum Gasteiger partial charge on any atom is -0.507 e. The third-order valence-electron chi connectivity index (χ3n) is 5.39. The number of carbonyl (C=O) groups excluding carboxylic acids is 3. The van der Waals surface area contributed by atoms with E-state index in [1.807, 2.05) is 0 Å². The van der Waals surface area contributed by atoms with E-state index in [9.17, 15) is 19.5 Å². The highest BCUT2D eigenvalue weighted by Gasteiger charge is 2.37. The van der Waals surface area contributed by atoms with Crippen molar-refractivity contribution in [3.05, 3.63) is 58.1 Å². The molecule has 0 spiro atoms. The summed E-state index contributed by atoms with van der Waals surface area (Å²) in [7, 11) is 0. The van der Waals surface area contributed by atoms with E-state index in [1.54, 1.807) is 77.9 Å². The number of anilines is 1. The molecule has 0 saturated carbocycles. The lowest BCUT2D eigenvalue weighted by molar-refractivity contribution is -0.140. The number of amides is 3. The van der Waals surface area contributed by atoms with Gasteiger partial charge in [-0.1, -0.05) is 41.9 Å². The highest BCUT2D eigenvalue weighted by molar-refractivity contribution is 7.80. The predicted octanol–water partition coefficient (Wildman–Crippen LogP) is 5.01. The second-order valence-corrected chi connectivity index (χ2v) is 10.1. The molecule has 0 fully saturated rings. The van der Waals surface area contributed by atoms with Crippen LogP contribution in [0.4, 0.5) is 10.5 Å². The Kier molecular flexibility index (Phi) is 10.1. The van der Waals surface area contributed by atoms with Gasteiger partial charge < -0.3 is 25.4 Å². The average molecular weight is 536 g/mol. The first-order chi connectivity index (χ1) is 16.8. The lowest BCUT2D eigenvalue weighted by atomic mass is 9.99. The number of rotatable bonds is 8. The normalized spacial score (nSPS) is 12.9. The Morgan fingerprint density at radius 3 is 2.28 bits per heavy atom. The Hall–Kier alpha value is -2.91. The highest BCUT2D eigenvalue weighted by Crippen LogP contribution is 2.34. The minimum absolute atomic E-state index is 0.0354. The Labute approximate surface area is 222 Å². The molecule has 0 heterocycles. The van der Waals surface area contributed by atoms with Crippen LogP contribution in [0.3, 0.4) is 0 Å². The van der Waals surface area contributed by atoms with E-state index < -0.39 is 35.6 Å². The summed E-state index contributed by atoms with van der Waals surface area (Å²) >= 11 is 10.6. The number of thiol groups is 1. The molecule has 2 unspecified atom stereocenters. The number of nitrogens with zero attached hydrogens (tertiary/aromatic N) is 1. The Bertz CT molecular complexity index is 1100. The monoisotopic (exact) mass is 535 g/mol. The molecule has 10 heteroatoms. The van der Waals surface area contributed by atoms with E-state index in [0.717, 1.165) is 5.56 Å². The number of likely N-dealkylation sites (N-methyl/N-ethyl adjacent to an activating group) is 1. The number of ether oxygens (including phenoxy) is 1. The fourth-order valence-electron chi connectivity index (χ4n) is 3.64. The Morgan fingerprint density at radius 1 is 1.11 bits per heavy atom. The van der Waals surface area contributed by atoms with Gasteiger partial charge in [-0.25, -0.2) is 4.79 Å². The van der Waals surface area contributed by atoms with E-state index in [2.05, 4.69) is 23.3 Å². The molecule has 2 rings (SSSR count). The zero-order valence-corrected chi connectivity index (χ0v) is 23.0. The third-order valence-corrected chi connectivity index (χ3v) is 6.07. The highest BCUT2D eigenvalue weighted by atomic mass is 35.5. The fraction of sp³-hybridized carbons (Fsp3) is 0.423. The quantitative estimate of drug-likeness (QED) is 0.355. The lowest BCUT2D eigenvalue weighted by Gasteiger charge is -2.34. The zero-order chi connectivity index (χ0) is 27.2. The van der Waals surface area contributed by atoms with Gasteiger partial charge in [-0.2, -0.15) is 12.6 Å². The summed E-state index contributed by atoms with van der Waals surface area (Å²) in [6.45, 7) is 10.4. The molecule has 0 aromatic heterocycles. The summed E-state index contributed by atoms with van der Waals surface area (Å²) in [6.07, 6.45) is -0.781. The van der Waals surface area contributed by atoms with E-state index >= 15 is 0 Å². The third kappa shape index (κ3) is 7.30. The molecule has 0 aliphatic heterocycles. The fourth-order valence-corrected chi connectivity index (χ4v) is 4.15. The van der Waals surface area contributed by atoms with Crippen molar-refractivity contribution in [3.63, 3.8) is 0 Å². The van der Waals surface area contributed by atoms with Gasteiger partial charge in [0, 0.05) is 17.9 Å². The SMILES string of the molecule is CCN(C(=O)C(CS)NC(=O)OC(C)(C)C)C(C(=O)Nc1c(C)cccc1Cl)c1cccc(C)c1O. The number of phenolic OH excluding ortho intramolecular Hbond substituents is 1. The van der Waals surface area contributed by atoms with Gasteiger partial charge in [0.15, 0.2) is 0 Å². The van der Waals surface area contributed by atoms with Crippen molar-refractivity contribution in [1.29, 1.82) is 0 Å². The number of aromatic hydroxyl groups is 1. The lowest BCUT2D eigenvalue weighted by Crippen LogP contribution is -2.53. The number of benzene rings is 2. The van der Waals surface area contributed by atoms with Gasteiger partial charge in [0.1, 0.15) is 23.4 Å². The average Bonchev–Trinajstić information content (AvgIpc) is 2.78. The van der Waals surface area contributed by atoms with Crippen LogP contribution in [-0.4, -0.2) is 51.9 Å². The van der Waals surface area contributed by atoms with Crippen molar-refractivity contribution in [1.82, 2.24) is 10.2 Å². The Balaban J connectivity index is 2.50. The zero-order valence-electron chi connectivity index (χ0n) is 21.4. The number of para-hydroxylation sites is 2. The predicted molar refractivity (Wildman–Crippen MR) is 145 cm³/mol. The topological polar surface area (TPSA) is 108 Å². The van der Waals surface area contributed by atoms with Crippen LogP contribution in [0.1, 0.15) is 50.4 Å². The van der Waals surface area contributed by atoms with Crippen LogP contribution in [0.15, 0.2) is 36.4 Å². The van der Waals surface area contributed by atoms with Gasteiger partial charge in [0.25, 0.3) is 5.91 Å². The smallest absolute Gasteiger partial charge is 0.408 e. The summed E-state index contributed by atoms with van der Waals surface area (Å²) in [5.74, 6) is -1.28. The number of aryl methyl sites for hydroxylation is 2. The van der Waals surface area contributed by atoms with Gasteiger partial charge in [-0.3, -0.25) is 9.59 Å². The van der Waals surface area contributed by atoms with Crippen LogP contribution in [0.25, 0.3) is 0 Å². The molecule has 0 aliphatic rings. The minimum atomic E-state index is -1.22. The van der Waals surface area contributed by atoms with Crippen molar-refractivity contribution in [2.45, 2.75) is 59.2 Å². The Morgan fingerprint density at radius 2 is 1.72 bits per heavy atom. The summed E-state index contributed by atoms with van der Waals surface area (Å²) in [5, 5.41) is 16.5. The van der Waals surface area contributed by atoms with E-state index in [4.69, 9.17) is 16.3 Å². The molecule has 2 aromatic carbocycles. The molecule has 0 bridgehead atoms.